The second-order valence-corrected chi connectivity index (χ2v) is 12.6. The number of sulfonamides is 1. The average Bonchev–Trinajstić information content (AvgIpc) is 3.45. The molecule has 3 atom stereocenters. The molecular formula is C26H34ClN7O3S. The molecule has 0 bridgehead atoms. The Hall–Kier alpha value is -2.89. The highest BCUT2D eigenvalue weighted by atomic mass is 35.5. The predicted molar refractivity (Wildman–Crippen MR) is 149 cm³/mol. The number of aryl methyl sites for hydroxylation is 1. The maximum atomic E-state index is 13.8. The molecule has 0 unspecified atom stereocenters. The van der Waals surface area contributed by atoms with Gasteiger partial charge in [-0.1, -0.05) is 18.5 Å². The summed E-state index contributed by atoms with van der Waals surface area (Å²) >= 11 is 6.21. The van der Waals surface area contributed by atoms with Crippen molar-refractivity contribution in [2.24, 2.45) is 5.73 Å². The number of amides is 1. The normalized spacial score (nSPS) is 22.3. The van der Waals surface area contributed by atoms with E-state index in [0.717, 1.165) is 67.6 Å². The smallest absolute Gasteiger partial charge is 0.256 e. The van der Waals surface area contributed by atoms with E-state index in [4.69, 9.17) is 27.4 Å². The maximum Gasteiger partial charge on any atom is 0.256 e. The molecule has 4 heterocycles. The first kappa shape index (κ1) is 26.7. The molecule has 38 heavy (non-hydrogen) atoms. The van der Waals surface area contributed by atoms with E-state index in [2.05, 4.69) is 16.5 Å². The molecule has 0 saturated carbocycles. The number of likely N-dealkylation sites (tertiary alicyclic amines) is 1. The van der Waals surface area contributed by atoms with E-state index >= 15 is 0 Å². The van der Waals surface area contributed by atoms with E-state index in [1.54, 1.807) is 15.5 Å². The summed E-state index contributed by atoms with van der Waals surface area (Å²) in [6.45, 7) is 5.51. The molecule has 2 aliphatic rings. The van der Waals surface area contributed by atoms with Gasteiger partial charge in [-0.25, -0.2) is 17.9 Å². The lowest BCUT2D eigenvalue weighted by Crippen LogP contribution is -2.39. The third-order valence-corrected chi connectivity index (χ3v) is 8.25. The minimum atomic E-state index is -3.58. The van der Waals surface area contributed by atoms with Crippen molar-refractivity contribution in [1.82, 2.24) is 19.5 Å². The fourth-order valence-electron chi connectivity index (χ4n) is 5.69. The molecule has 204 valence electrons. The molecule has 0 spiro atoms. The van der Waals surface area contributed by atoms with Crippen LogP contribution in [0.4, 0.5) is 11.5 Å². The molecule has 10 nitrogen and oxygen atoms in total. The molecule has 1 amide bonds. The van der Waals surface area contributed by atoms with Crippen molar-refractivity contribution < 1.29 is 13.2 Å². The van der Waals surface area contributed by atoms with Crippen LogP contribution in [-0.4, -0.2) is 65.3 Å². The Labute approximate surface area is 228 Å². The van der Waals surface area contributed by atoms with Crippen LogP contribution >= 0.6 is 11.6 Å². The number of hydrogen-bond acceptors (Lipinski definition) is 7. The molecule has 2 aromatic heterocycles. The monoisotopic (exact) mass is 559 g/mol. The number of nitrogens with zero attached hydrogens (tertiary/aromatic N) is 5. The lowest BCUT2D eigenvalue weighted by Gasteiger charge is -2.35. The molecule has 5 rings (SSSR count). The van der Waals surface area contributed by atoms with Gasteiger partial charge < -0.3 is 15.5 Å². The van der Waals surface area contributed by atoms with E-state index in [9.17, 15) is 13.2 Å². The Balaban J connectivity index is 1.49. The van der Waals surface area contributed by atoms with Crippen LogP contribution in [0.5, 0.6) is 0 Å². The lowest BCUT2D eigenvalue weighted by molar-refractivity contribution is 0.0607. The van der Waals surface area contributed by atoms with Crippen molar-refractivity contribution in [3.8, 4) is 0 Å². The van der Waals surface area contributed by atoms with Crippen molar-refractivity contribution in [1.29, 1.82) is 0 Å². The molecule has 3 N–H and O–H groups in total. The van der Waals surface area contributed by atoms with E-state index in [1.807, 2.05) is 19.2 Å². The van der Waals surface area contributed by atoms with Gasteiger partial charge in [0.1, 0.15) is 5.82 Å². The SMILES string of the molecule is CC[C@@H]1C[C@H](N)CN1c1nc2cc([C@@H]3CCCCN3C(=O)c3cc(Cl)ccc3NS(C)(=O)=O)nn2cc1C. The van der Waals surface area contributed by atoms with E-state index in [1.165, 1.54) is 12.1 Å². The number of hydrogen-bond donors (Lipinski definition) is 2. The van der Waals surface area contributed by atoms with E-state index < -0.39 is 10.0 Å². The zero-order valence-electron chi connectivity index (χ0n) is 21.9. The van der Waals surface area contributed by atoms with Crippen molar-refractivity contribution >= 4 is 44.7 Å². The highest BCUT2D eigenvalue weighted by molar-refractivity contribution is 7.92. The van der Waals surface area contributed by atoms with Gasteiger partial charge in [0.05, 0.1) is 29.2 Å². The fourth-order valence-corrected chi connectivity index (χ4v) is 6.44. The highest BCUT2D eigenvalue weighted by Crippen LogP contribution is 2.35. The average molecular weight is 560 g/mol. The first-order valence-corrected chi connectivity index (χ1v) is 15.3. The van der Waals surface area contributed by atoms with E-state index in [-0.39, 0.29) is 29.2 Å². The molecule has 1 aromatic carbocycles. The largest absolute Gasteiger partial charge is 0.352 e. The minimum Gasteiger partial charge on any atom is -0.352 e. The third kappa shape index (κ3) is 5.32. The van der Waals surface area contributed by atoms with Crippen LogP contribution in [0.25, 0.3) is 5.65 Å². The van der Waals surface area contributed by atoms with Gasteiger partial charge in [0.2, 0.25) is 10.0 Å². The number of rotatable bonds is 6. The zero-order valence-corrected chi connectivity index (χ0v) is 23.5. The number of carbonyl (C=O) groups is 1. The van der Waals surface area contributed by atoms with Crippen molar-refractivity contribution in [2.75, 3.05) is 29.0 Å². The van der Waals surface area contributed by atoms with Gasteiger partial charge >= 0.3 is 0 Å². The van der Waals surface area contributed by atoms with Gasteiger partial charge in [-0.05, 0) is 57.2 Å². The van der Waals surface area contributed by atoms with Crippen LogP contribution in [0.15, 0.2) is 30.5 Å². The van der Waals surface area contributed by atoms with Gasteiger partial charge in [0.25, 0.3) is 5.91 Å². The number of piperidine rings is 1. The quantitative estimate of drug-likeness (QED) is 0.471. The lowest BCUT2D eigenvalue weighted by atomic mass is 9.98. The predicted octanol–water partition coefficient (Wildman–Crippen LogP) is 3.75. The first-order valence-electron chi connectivity index (χ1n) is 13.0. The van der Waals surface area contributed by atoms with Crippen LogP contribution in [0.1, 0.15) is 66.7 Å². The second-order valence-electron chi connectivity index (χ2n) is 10.4. The summed E-state index contributed by atoms with van der Waals surface area (Å²) in [6, 6.07) is 6.76. The summed E-state index contributed by atoms with van der Waals surface area (Å²) in [5.41, 5.74) is 9.18. The number of nitrogens with one attached hydrogen (secondary N) is 1. The van der Waals surface area contributed by atoms with Gasteiger partial charge in [-0.2, -0.15) is 5.10 Å². The molecular weight excluding hydrogens is 526 g/mol. The van der Waals surface area contributed by atoms with Gasteiger partial charge in [0, 0.05) is 48.0 Å². The van der Waals surface area contributed by atoms with Gasteiger partial charge in [-0.15, -0.1) is 0 Å². The summed E-state index contributed by atoms with van der Waals surface area (Å²) in [6.07, 6.45) is 7.54. The number of halogens is 1. The number of carbonyl (C=O) groups excluding carboxylic acids is 1. The number of nitrogens with two attached hydrogens (primary N) is 1. The molecule has 3 aromatic rings. The van der Waals surface area contributed by atoms with Crippen molar-refractivity contribution in [2.45, 2.75) is 64.1 Å². The number of fused-ring (bicyclic) bond motifs is 1. The zero-order chi connectivity index (χ0) is 27.2. The summed E-state index contributed by atoms with van der Waals surface area (Å²) in [5.74, 6) is 0.637. The summed E-state index contributed by atoms with van der Waals surface area (Å²) in [4.78, 5) is 22.8. The van der Waals surface area contributed by atoms with Gasteiger partial charge in [0.15, 0.2) is 5.65 Å². The highest BCUT2D eigenvalue weighted by Gasteiger charge is 2.34. The Morgan fingerprint density at radius 1 is 1.26 bits per heavy atom. The topological polar surface area (TPSA) is 126 Å². The van der Waals surface area contributed by atoms with Crippen LogP contribution in [-0.2, 0) is 10.0 Å². The third-order valence-electron chi connectivity index (χ3n) is 7.43. The molecule has 0 radical (unpaired) electrons. The van der Waals surface area contributed by atoms with Crippen molar-refractivity contribution in [3.63, 3.8) is 0 Å². The Bertz CT molecular complexity index is 1470. The van der Waals surface area contributed by atoms with Crippen LogP contribution in [0.3, 0.4) is 0 Å². The molecule has 12 heteroatoms. The van der Waals surface area contributed by atoms with Crippen LogP contribution in [0, 0.1) is 6.92 Å². The second kappa shape index (κ2) is 10.3. The van der Waals surface area contributed by atoms with Crippen LogP contribution < -0.4 is 15.4 Å². The summed E-state index contributed by atoms with van der Waals surface area (Å²) < 4.78 is 28.1. The van der Waals surface area contributed by atoms with Crippen molar-refractivity contribution in [3.05, 3.63) is 52.3 Å². The Morgan fingerprint density at radius 3 is 2.79 bits per heavy atom. The van der Waals surface area contributed by atoms with Gasteiger partial charge in [-0.3, -0.25) is 9.52 Å². The standard InChI is InChI=1S/C26H34ClN7O3S/c1-4-19-12-18(28)15-33(19)25-16(2)14-34-24(29-25)13-22(30-34)23-7-5-6-10-32(23)26(35)20-11-17(27)8-9-21(20)31-38(3,36)37/h8-9,11,13-14,18-19,23,31H,4-7,10,12,15,28H2,1-3H3/t18-,19+,23-/m0/s1. The summed E-state index contributed by atoms with van der Waals surface area (Å²) in [5, 5.41) is 5.18. The van der Waals surface area contributed by atoms with E-state index in [0.29, 0.717) is 17.6 Å². The number of anilines is 2. The molecule has 2 saturated heterocycles. The van der Waals surface area contributed by atoms with Crippen LogP contribution in [0.2, 0.25) is 5.02 Å². The molecule has 2 aliphatic heterocycles. The molecule has 2 fully saturated rings. The first-order chi connectivity index (χ1) is 18.0. The Kier molecular flexibility index (Phi) is 7.27. The minimum absolute atomic E-state index is 0.133. The Morgan fingerprint density at radius 2 is 2.05 bits per heavy atom. The number of aromatic nitrogens is 3. The number of benzene rings is 1. The molecule has 0 aliphatic carbocycles. The maximum absolute atomic E-state index is 13.8. The fraction of sp³-hybridized carbons (Fsp3) is 0.500. The summed E-state index contributed by atoms with van der Waals surface area (Å²) in [7, 11) is -3.58.